The number of hydrogen-bond acceptors (Lipinski definition) is 4. The zero-order valence-electron chi connectivity index (χ0n) is 13.3. The Labute approximate surface area is 144 Å². The van der Waals surface area contributed by atoms with Crippen molar-refractivity contribution in [1.29, 1.82) is 0 Å². The van der Waals surface area contributed by atoms with Crippen LogP contribution >= 0.6 is 11.3 Å². The number of amides is 2. The first kappa shape index (κ1) is 16.5. The van der Waals surface area contributed by atoms with Crippen LogP contribution in [0.15, 0.2) is 46.6 Å². The molecule has 0 unspecified atom stereocenters. The molecular formula is C18H20N2O3S. The van der Waals surface area contributed by atoms with Gasteiger partial charge < -0.3 is 15.1 Å². The van der Waals surface area contributed by atoms with Crippen LogP contribution in [0.1, 0.15) is 52.3 Å². The quantitative estimate of drug-likeness (QED) is 0.771. The molecule has 24 heavy (non-hydrogen) atoms. The molecule has 126 valence electrons. The number of allylic oxidation sites excluding steroid dienone is 1. The van der Waals surface area contributed by atoms with E-state index in [9.17, 15) is 9.59 Å². The van der Waals surface area contributed by atoms with Crippen molar-refractivity contribution in [3.63, 3.8) is 0 Å². The molecule has 6 heteroatoms. The van der Waals surface area contributed by atoms with Gasteiger partial charge in [0.15, 0.2) is 5.76 Å². The SMILES string of the molecule is O=C(Nc1ccc(C(=O)NCCC2=CCCCC2)s1)c1ccco1. The number of carbonyl (C=O) groups excluding carboxylic acids is 2. The minimum atomic E-state index is -0.321. The number of anilines is 1. The summed E-state index contributed by atoms with van der Waals surface area (Å²) in [5.41, 5.74) is 1.44. The summed E-state index contributed by atoms with van der Waals surface area (Å²) in [4.78, 5) is 24.6. The Morgan fingerprint density at radius 2 is 2.08 bits per heavy atom. The smallest absolute Gasteiger partial charge is 0.291 e. The lowest BCUT2D eigenvalue weighted by Crippen LogP contribution is -2.24. The first-order valence-electron chi connectivity index (χ1n) is 8.13. The van der Waals surface area contributed by atoms with E-state index in [0.717, 1.165) is 19.3 Å². The van der Waals surface area contributed by atoms with Crippen molar-refractivity contribution in [2.75, 3.05) is 11.9 Å². The van der Waals surface area contributed by atoms with Gasteiger partial charge in [-0.3, -0.25) is 9.59 Å². The minimum absolute atomic E-state index is 0.102. The Hall–Kier alpha value is -2.34. The number of rotatable bonds is 6. The van der Waals surface area contributed by atoms with E-state index < -0.39 is 0 Å². The monoisotopic (exact) mass is 344 g/mol. The summed E-state index contributed by atoms with van der Waals surface area (Å²) in [7, 11) is 0. The first-order chi connectivity index (χ1) is 11.7. The standard InChI is InChI=1S/C18H20N2O3S/c21-17(14-7-4-12-23-14)20-16-9-8-15(24-16)18(22)19-11-10-13-5-2-1-3-6-13/h4-5,7-9,12H,1-3,6,10-11H2,(H,19,22)(H,20,21). The van der Waals surface area contributed by atoms with Gasteiger partial charge in [0, 0.05) is 6.54 Å². The third kappa shape index (κ3) is 4.35. The molecule has 2 heterocycles. The van der Waals surface area contributed by atoms with E-state index in [4.69, 9.17) is 4.42 Å². The summed E-state index contributed by atoms with van der Waals surface area (Å²) < 4.78 is 5.04. The van der Waals surface area contributed by atoms with Gasteiger partial charge in [-0.1, -0.05) is 11.6 Å². The Morgan fingerprint density at radius 1 is 1.17 bits per heavy atom. The Kier molecular flexibility index (Phi) is 5.48. The zero-order valence-corrected chi connectivity index (χ0v) is 14.2. The molecule has 3 rings (SSSR count). The number of furan rings is 1. The molecule has 0 bridgehead atoms. The number of nitrogens with one attached hydrogen (secondary N) is 2. The highest BCUT2D eigenvalue weighted by molar-refractivity contribution is 7.18. The predicted molar refractivity (Wildman–Crippen MR) is 94.5 cm³/mol. The maximum Gasteiger partial charge on any atom is 0.291 e. The van der Waals surface area contributed by atoms with E-state index in [1.807, 2.05) is 0 Å². The number of thiophene rings is 1. The third-order valence-corrected chi connectivity index (χ3v) is 4.93. The molecular weight excluding hydrogens is 324 g/mol. The van der Waals surface area contributed by atoms with Crippen molar-refractivity contribution in [3.8, 4) is 0 Å². The molecule has 0 fully saturated rings. The van der Waals surface area contributed by atoms with Gasteiger partial charge in [-0.05, 0) is 56.4 Å². The van der Waals surface area contributed by atoms with Crippen molar-refractivity contribution in [3.05, 3.63) is 52.8 Å². The normalized spacial score (nSPS) is 14.1. The van der Waals surface area contributed by atoms with E-state index in [1.165, 1.54) is 36.0 Å². The first-order valence-corrected chi connectivity index (χ1v) is 8.95. The second kappa shape index (κ2) is 7.97. The van der Waals surface area contributed by atoms with Crippen molar-refractivity contribution < 1.29 is 14.0 Å². The second-order valence-corrected chi connectivity index (χ2v) is 6.79. The summed E-state index contributed by atoms with van der Waals surface area (Å²) in [5.74, 6) is -0.178. The molecule has 1 aliphatic rings. The van der Waals surface area contributed by atoms with Crippen LogP contribution < -0.4 is 10.6 Å². The van der Waals surface area contributed by atoms with Crippen molar-refractivity contribution in [2.45, 2.75) is 32.1 Å². The maximum atomic E-state index is 12.2. The van der Waals surface area contributed by atoms with Gasteiger partial charge in [0.05, 0.1) is 16.1 Å². The lowest BCUT2D eigenvalue weighted by Gasteiger charge is -2.12. The second-order valence-electron chi connectivity index (χ2n) is 5.71. The molecule has 5 nitrogen and oxygen atoms in total. The fourth-order valence-corrected chi connectivity index (χ4v) is 3.48. The topological polar surface area (TPSA) is 71.3 Å². The van der Waals surface area contributed by atoms with Gasteiger partial charge >= 0.3 is 0 Å². The molecule has 0 radical (unpaired) electrons. The Bertz CT molecular complexity index is 731. The molecule has 2 aromatic heterocycles. The highest BCUT2D eigenvalue weighted by Crippen LogP contribution is 2.23. The Morgan fingerprint density at radius 3 is 2.83 bits per heavy atom. The molecule has 2 aromatic rings. The summed E-state index contributed by atoms with van der Waals surface area (Å²) in [6, 6.07) is 6.70. The molecule has 2 amide bonds. The van der Waals surface area contributed by atoms with E-state index in [0.29, 0.717) is 16.4 Å². The highest BCUT2D eigenvalue weighted by atomic mass is 32.1. The van der Waals surface area contributed by atoms with E-state index >= 15 is 0 Å². The molecule has 0 spiro atoms. The van der Waals surface area contributed by atoms with Crippen LogP contribution in [0.25, 0.3) is 0 Å². The average molecular weight is 344 g/mol. The molecule has 0 saturated carbocycles. The molecule has 0 saturated heterocycles. The van der Waals surface area contributed by atoms with Crippen LogP contribution in [0.4, 0.5) is 5.00 Å². The summed E-state index contributed by atoms with van der Waals surface area (Å²) in [5, 5.41) is 6.29. The predicted octanol–water partition coefficient (Wildman–Crippen LogP) is 4.21. The van der Waals surface area contributed by atoms with Crippen LogP contribution in [-0.2, 0) is 0 Å². The zero-order chi connectivity index (χ0) is 16.8. The largest absolute Gasteiger partial charge is 0.459 e. The van der Waals surface area contributed by atoms with Gasteiger partial charge in [-0.15, -0.1) is 11.3 Å². The average Bonchev–Trinajstić information content (AvgIpc) is 3.27. The lowest BCUT2D eigenvalue weighted by molar-refractivity contribution is 0.0956. The van der Waals surface area contributed by atoms with Gasteiger partial charge in [0.2, 0.25) is 0 Å². The van der Waals surface area contributed by atoms with Gasteiger partial charge in [0.1, 0.15) is 0 Å². The molecule has 2 N–H and O–H groups in total. The van der Waals surface area contributed by atoms with Crippen molar-refractivity contribution in [1.82, 2.24) is 5.32 Å². The van der Waals surface area contributed by atoms with Crippen molar-refractivity contribution in [2.24, 2.45) is 0 Å². The van der Waals surface area contributed by atoms with Gasteiger partial charge in [-0.25, -0.2) is 0 Å². The van der Waals surface area contributed by atoms with E-state index in [-0.39, 0.29) is 17.6 Å². The highest BCUT2D eigenvalue weighted by Gasteiger charge is 2.13. The molecule has 0 atom stereocenters. The number of carbonyl (C=O) groups is 2. The third-order valence-electron chi connectivity index (χ3n) is 3.93. The van der Waals surface area contributed by atoms with Crippen LogP contribution in [-0.4, -0.2) is 18.4 Å². The van der Waals surface area contributed by atoms with Gasteiger partial charge in [0.25, 0.3) is 11.8 Å². The fourth-order valence-electron chi connectivity index (χ4n) is 2.66. The lowest BCUT2D eigenvalue weighted by atomic mass is 9.97. The Balaban J connectivity index is 1.48. The number of hydrogen-bond donors (Lipinski definition) is 2. The molecule has 0 aromatic carbocycles. The minimum Gasteiger partial charge on any atom is -0.459 e. The van der Waals surface area contributed by atoms with Crippen LogP contribution in [0.2, 0.25) is 0 Å². The summed E-state index contributed by atoms with van der Waals surface area (Å²) in [6.45, 7) is 0.649. The van der Waals surface area contributed by atoms with Crippen molar-refractivity contribution >= 4 is 28.2 Å². The summed E-state index contributed by atoms with van der Waals surface area (Å²) in [6.07, 6.45) is 9.50. The van der Waals surface area contributed by atoms with Crippen LogP contribution in [0.3, 0.4) is 0 Å². The van der Waals surface area contributed by atoms with E-state index in [2.05, 4.69) is 16.7 Å². The summed E-state index contributed by atoms with van der Waals surface area (Å²) >= 11 is 1.25. The van der Waals surface area contributed by atoms with Crippen LogP contribution in [0, 0.1) is 0 Å². The van der Waals surface area contributed by atoms with Gasteiger partial charge in [-0.2, -0.15) is 0 Å². The molecule has 0 aliphatic heterocycles. The van der Waals surface area contributed by atoms with E-state index in [1.54, 1.807) is 24.3 Å². The maximum absolute atomic E-state index is 12.2. The molecule has 1 aliphatic carbocycles. The van der Waals surface area contributed by atoms with Crippen LogP contribution in [0.5, 0.6) is 0 Å². The fraction of sp³-hybridized carbons (Fsp3) is 0.333.